The number of ether oxygens (including phenoxy) is 1. The Morgan fingerprint density at radius 1 is 1.19 bits per heavy atom. The summed E-state index contributed by atoms with van der Waals surface area (Å²) >= 11 is 0. The fraction of sp³-hybridized carbons (Fsp3) is 0.269. The largest absolute Gasteiger partial charge is 0.491 e. The Hall–Kier alpha value is -3.60. The van der Waals surface area contributed by atoms with Gasteiger partial charge in [0.2, 0.25) is 10.0 Å². The second-order valence-corrected chi connectivity index (χ2v) is 10.8. The van der Waals surface area contributed by atoms with Gasteiger partial charge in [0.05, 0.1) is 12.1 Å². The number of aliphatic carboxylic acids is 1. The highest BCUT2D eigenvalue weighted by molar-refractivity contribution is 7.89. The Morgan fingerprint density at radius 3 is 2.64 bits per heavy atom. The third-order valence-corrected chi connectivity index (χ3v) is 8.26. The number of hydrogen-bond donors (Lipinski definition) is 3. The minimum Gasteiger partial charge on any atom is -0.491 e. The van der Waals surface area contributed by atoms with Gasteiger partial charge < -0.3 is 15.6 Å². The van der Waals surface area contributed by atoms with Gasteiger partial charge in [-0.3, -0.25) is 9.80 Å². The molecule has 1 unspecified atom stereocenters. The van der Waals surface area contributed by atoms with Crippen LogP contribution in [0.15, 0.2) is 82.7 Å². The van der Waals surface area contributed by atoms with Crippen LogP contribution in [0.1, 0.15) is 36.0 Å². The molecule has 0 saturated carbocycles. The molecule has 0 bridgehead atoms. The zero-order valence-corrected chi connectivity index (χ0v) is 21.0. The van der Waals surface area contributed by atoms with E-state index < -0.39 is 21.9 Å². The molecule has 2 heterocycles. The molecule has 1 atom stereocenters. The average molecular weight is 511 g/mol. The summed E-state index contributed by atoms with van der Waals surface area (Å²) in [7, 11) is -3.78. The van der Waals surface area contributed by atoms with Crippen LogP contribution in [0.2, 0.25) is 0 Å². The number of hydrogen-bond acceptors (Lipinski definition) is 7. The molecule has 0 fully saturated rings. The molecular weight excluding hydrogens is 480 g/mol. The molecule has 190 valence electrons. The number of nitrogens with two attached hydrogens (primary N) is 2. The van der Waals surface area contributed by atoms with E-state index in [9.17, 15) is 18.3 Å². The lowest BCUT2D eigenvalue weighted by Crippen LogP contribution is -2.32. The number of para-hydroxylation sites is 1. The van der Waals surface area contributed by atoms with Crippen LogP contribution in [0.4, 0.5) is 0 Å². The first-order valence-electron chi connectivity index (χ1n) is 11.5. The Morgan fingerprint density at radius 2 is 1.94 bits per heavy atom. The molecule has 2 aromatic rings. The highest BCUT2D eigenvalue weighted by Crippen LogP contribution is 2.35. The SMILES string of the molecule is C/C(N)=C1\C=CC(C(CC(=O)O)c2ccc(C)c(CN3CCOc4ccccc4S3(=O)=O)c2)=CN1N. The van der Waals surface area contributed by atoms with Gasteiger partial charge in [-0.2, -0.15) is 4.31 Å². The van der Waals surface area contributed by atoms with Crippen molar-refractivity contribution in [1.29, 1.82) is 0 Å². The van der Waals surface area contributed by atoms with E-state index in [-0.39, 0.29) is 31.0 Å². The predicted molar refractivity (Wildman–Crippen MR) is 136 cm³/mol. The van der Waals surface area contributed by atoms with Gasteiger partial charge in [0.1, 0.15) is 17.3 Å². The first kappa shape index (κ1) is 25.5. The van der Waals surface area contributed by atoms with Crippen molar-refractivity contribution in [2.75, 3.05) is 13.2 Å². The predicted octanol–water partition coefficient (Wildman–Crippen LogP) is 2.96. The maximum atomic E-state index is 13.4. The van der Waals surface area contributed by atoms with Crippen LogP contribution >= 0.6 is 0 Å². The first-order chi connectivity index (χ1) is 17.1. The van der Waals surface area contributed by atoms with Gasteiger partial charge >= 0.3 is 5.97 Å². The lowest BCUT2D eigenvalue weighted by atomic mass is 9.86. The molecule has 0 radical (unpaired) electrons. The van der Waals surface area contributed by atoms with Crippen molar-refractivity contribution >= 4 is 16.0 Å². The van der Waals surface area contributed by atoms with Crippen molar-refractivity contribution in [3.8, 4) is 5.75 Å². The highest BCUT2D eigenvalue weighted by atomic mass is 32.2. The summed E-state index contributed by atoms with van der Waals surface area (Å²) < 4.78 is 33.9. The van der Waals surface area contributed by atoms with Gasteiger partial charge in [-0.25, -0.2) is 14.3 Å². The number of allylic oxidation sites excluding steroid dienone is 4. The highest BCUT2D eigenvalue weighted by Gasteiger charge is 2.31. The Kier molecular flexibility index (Phi) is 7.21. The van der Waals surface area contributed by atoms with E-state index in [1.54, 1.807) is 43.5 Å². The van der Waals surface area contributed by atoms with Crippen LogP contribution in [0.25, 0.3) is 0 Å². The van der Waals surface area contributed by atoms with Crippen LogP contribution in [-0.2, 0) is 21.4 Å². The van der Waals surface area contributed by atoms with E-state index in [2.05, 4.69) is 0 Å². The van der Waals surface area contributed by atoms with Crippen LogP contribution in [0.5, 0.6) is 5.75 Å². The Bertz CT molecular complexity index is 1380. The standard InChI is InChI=1S/C26H30N4O5S/c1-17-7-8-19(22(14-26(31)32)20-9-10-23(18(2)27)30(28)16-20)13-21(17)15-29-11-12-35-24-5-3-4-6-25(24)36(29,33)34/h3-10,13,16,22H,11-12,14-15,27-28H2,1-2H3,(H,31,32)/b23-18-. The summed E-state index contributed by atoms with van der Waals surface area (Å²) in [4.78, 5) is 11.9. The van der Waals surface area contributed by atoms with E-state index in [1.807, 2.05) is 31.2 Å². The van der Waals surface area contributed by atoms with Gasteiger partial charge in [-0.05, 0) is 54.3 Å². The normalized spacial score (nSPS) is 19.5. The summed E-state index contributed by atoms with van der Waals surface area (Å²) in [6.07, 6.45) is 5.09. The van der Waals surface area contributed by atoms with E-state index in [0.717, 1.165) is 16.7 Å². The number of fused-ring (bicyclic) bond motifs is 1. The first-order valence-corrected chi connectivity index (χ1v) is 12.9. The van der Waals surface area contributed by atoms with Gasteiger partial charge in [-0.15, -0.1) is 0 Å². The number of carboxylic acid groups (broad SMARTS) is 1. The number of sulfonamides is 1. The summed E-state index contributed by atoms with van der Waals surface area (Å²) in [5.74, 6) is 5.01. The Labute approximate surface area is 211 Å². The maximum Gasteiger partial charge on any atom is 0.304 e. The lowest BCUT2D eigenvalue weighted by Gasteiger charge is -2.27. The molecule has 0 aliphatic carbocycles. The molecule has 4 rings (SSSR count). The van der Waals surface area contributed by atoms with Crippen molar-refractivity contribution in [1.82, 2.24) is 9.31 Å². The van der Waals surface area contributed by atoms with Gasteiger partial charge in [0.25, 0.3) is 0 Å². The molecule has 2 aliphatic rings. The quantitative estimate of drug-likeness (QED) is 0.504. The van der Waals surface area contributed by atoms with E-state index in [0.29, 0.717) is 22.7 Å². The number of carboxylic acids is 1. The molecule has 0 aromatic heterocycles. The van der Waals surface area contributed by atoms with Gasteiger partial charge in [0, 0.05) is 30.9 Å². The van der Waals surface area contributed by atoms with Crippen molar-refractivity contribution in [3.63, 3.8) is 0 Å². The van der Waals surface area contributed by atoms with Crippen LogP contribution in [0, 0.1) is 6.92 Å². The molecule has 36 heavy (non-hydrogen) atoms. The summed E-state index contributed by atoms with van der Waals surface area (Å²) in [6, 6.07) is 12.2. The molecule has 9 nitrogen and oxygen atoms in total. The molecule has 2 aliphatic heterocycles. The number of benzene rings is 2. The second-order valence-electron chi connectivity index (χ2n) is 8.91. The molecular formula is C26H30N4O5S. The van der Waals surface area contributed by atoms with E-state index in [1.165, 1.54) is 9.31 Å². The summed E-state index contributed by atoms with van der Waals surface area (Å²) in [5, 5.41) is 11.0. The second kappa shape index (κ2) is 10.2. The number of aryl methyl sites for hydroxylation is 1. The third kappa shape index (κ3) is 5.15. The topological polar surface area (TPSA) is 139 Å². The molecule has 5 N–H and O–H groups in total. The molecule has 0 saturated heterocycles. The van der Waals surface area contributed by atoms with Crippen LogP contribution in [0.3, 0.4) is 0 Å². The average Bonchev–Trinajstić information content (AvgIpc) is 2.94. The zero-order chi connectivity index (χ0) is 26.0. The molecule has 0 amide bonds. The van der Waals surface area contributed by atoms with E-state index >= 15 is 0 Å². The fourth-order valence-corrected chi connectivity index (χ4v) is 5.94. The lowest BCUT2D eigenvalue weighted by molar-refractivity contribution is -0.137. The van der Waals surface area contributed by atoms with Crippen LogP contribution < -0.4 is 16.3 Å². The smallest absolute Gasteiger partial charge is 0.304 e. The summed E-state index contributed by atoms with van der Waals surface area (Å²) in [5.41, 5.74) is 10.2. The summed E-state index contributed by atoms with van der Waals surface area (Å²) in [6.45, 7) is 4.21. The monoisotopic (exact) mass is 510 g/mol. The van der Waals surface area contributed by atoms with Crippen molar-refractivity contribution < 1.29 is 23.1 Å². The van der Waals surface area contributed by atoms with E-state index in [4.69, 9.17) is 16.3 Å². The van der Waals surface area contributed by atoms with Crippen LogP contribution in [-0.4, -0.2) is 42.0 Å². The van der Waals surface area contributed by atoms with Crippen molar-refractivity contribution in [2.45, 2.75) is 37.6 Å². The third-order valence-electron chi connectivity index (χ3n) is 6.37. The van der Waals surface area contributed by atoms with Crippen molar-refractivity contribution in [3.05, 3.63) is 94.5 Å². The number of hydrazine groups is 1. The number of carbonyl (C=O) groups is 1. The van der Waals surface area contributed by atoms with Crippen molar-refractivity contribution in [2.24, 2.45) is 11.6 Å². The fourth-order valence-electron chi connectivity index (χ4n) is 4.41. The van der Waals surface area contributed by atoms with Gasteiger partial charge in [-0.1, -0.05) is 36.4 Å². The minimum absolute atomic E-state index is 0.136. The Balaban J connectivity index is 1.69. The molecule has 2 aromatic carbocycles. The number of nitrogens with zero attached hydrogens (tertiary/aromatic N) is 2. The maximum absolute atomic E-state index is 13.4. The molecule has 10 heteroatoms. The van der Waals surface area contributed by atoms with Gasteiger partial charge in [0.15, 0.2) is 0 Å². The molecule has 0 spiro atoms. The number of rotatable bonds is 6. The minimum atomic E-state index is -3.78. The zero-order valence-electron chi connectivity index (χ0n) is 20.2.